The van der Waals surface area contributed by atoms with Crippen molar-refractivity contribution in [3.8, 4) is 0 Å². The van der Waals surface area contributed by atoms with E-state index in [1.54, 1.807) is 0 Å². The molecule has 3 heteroatoms. The van der Waals surface area contributed by atoms with Crippen LogP contribution in [0.25, 0.3) is 5.57 Å². The van der Waals surface area contributed by atoms with Crippen molar-refractivity contribution in [2.75, 3.05) is 19.5 Å². The van der Waals surface area contributed by atoms with Gasteiger partial charge in [0.15, 0.2) is 0 Å². The summed E-state index contributed by atoms with van der Waals surface area (Å²) in [6.45, 7) is 6.35. The second kappa shape index (κ2) is 7.61. The second-order valence-electron chi connectivity index (χ2n) is 7.13. The van der Waals surface area contributed by atoms with E-state index in [0.29, 0.717) is 0 Å². The Labute approximate surface area is 156 Å². The number of rotatable bonds is 5. The van der Waals surface area contributed by atoms with E-state index in [4.69, 9.17) is 0 Å². The van der Waals surface area contributed by atoms with Gasteiger partial charge < -0.3 is 4.90 Å². The number of hydrazone groups is 1. The lowest BCUT2D eigenvalue weighted by Crippen LogP contribution is -2.07. The van der Waals surface area contributed by atoms with Crippen LogP contribution in [0.4, 0.5) is 5.69 Å². The van der Waals surface area contributed by atoms with E-state index in [9.17, 15) is 0 Å². The van der Waals surface area contributed by atoms with Gasteiger partial charge in [-0.15, -0.1) is 0 Å². The Morgan fingerprint density at radius 2 is 1.73 bits per heavy atom. The fourth-order valence-electron chi connectivity index (χ4n) is 3.44. The van der Waals surface area contributed by atoms with Gasteiger partial charge in [0, 0.05) is 25.4 Å². The molecule has 0 fully saturated rings. The highest BCUT2D eigenvalue weighted by molar-refractivity contribution is 5.90. The van der Waals surface area contributed by atoms with Crippen LogP contribution in [0.2, 0.25) is 0 Å². The summed E-state index contributed by atoms with van der Waals surface area (Å²) in [6.07, 6.45) is 7.40. The molecule has 1 aliphatic carbocycles. The van der Waals surface area contributed by atoms with Crippen molar-refractivity contribution in [3.05, 3.63) is 82.1 Å². The molecule has 0 unspecified atom stereocenters. The Morgan fingerprint density at radius 1 is 1.04 bits per heavy atom. The number of nitrogens with zero attached hydrogens (tertiary/aromatic N) is 2. The molecule has 0 saturated heterocycles. The Hall–Kier alpha value is -2.81. The number of hydrogen-bond donors (Lipinski definition) is 1. The molecular weight excluding hydrogens is 318 g/mol. The fourth-order valence-corrected chi connectivity index (χ4v) is 3.44. The second-order valence-corrected chi connectivity index (χ2v) is 7.13. The Bertz CT molecular complexity index is 878. The van der Waals surface area contributed by atoms with E-state index >= 15 is 0 Å². The summed E-state index contributed by atoms with van der Waals surface area (Å²) in [5.41, 5.74) is 13.0. The number of hydrogen-bond acceptors (Lipinski definition) is 3. The molecule has 0 aromatic heterocycles. The monoisotopic (exact) mass is 345 g/mol. The molecule has 0 heterocycles. The molecule has 2 aromatic rings. The minimum absolute atomic E-state index is 0.960. The fraction of sp³-hybridized carbons (Fsp3) is 0.261. The topological polar surface area (TPSA) is 27.6 Å². The van der Waals surface area contributed by atoms with Crippen molar-refractivity contribution in [2.24, 2.45) is 5.10 Å². The van der Waals surface area contributed by atoms with Gasteiger partial charge in [0.05, 0.1) is 11.9 Å². The molecule has 0 atom stereocenters. The van der Waals surface area contributed by atoms with Gasteiger partial charge in [-0.05, 0) is 55.5 Å². The molecule has 2 aromatic carbocycles. The SMILES string of the molecule is Cc1cc(C)c(NN=Cc2ccccc2C2=CC(N(C)C)=CC2)c(C)c1. The van der Waals surface area contributed by atoms with Gasteiger partial charge in [-0.25, -0.2) is 0 Å². The third kappa shape index (κ3) is 3.88. The van der Waals surface area contributed by atoms with Crippen molar-refractivity contribution >= 4 is 17.5 Å². The molecule has 0 spiro atoms. The molecule has 0 amide bonds. The summed E-state index contributed by atoms with van der Waals surface area (Å²) < 4.78 is 0. The minimum atomic E-state index is 0.960. The highest BCUT2D eigenvalue weighted by Crippen LogP contribution is 2.29. The zero-order valence-electron chi connectivity index (χ0n) is 16.3. The number of nitrogens with one attached hydrogen (secondary N) is 1. The van der Waals surface area contributed by atoms with Crippen molar-refractivity contribution in [2.45, 2.75) is 27.2 Å². The van der Waals surface area contributed by atoms with Gasteiger partial charge in [-0.3, -0.25) is 5.43 Å². The number of aryl methyl sites for hydroxylation is 3. The van der Waals surface area contributed by atoms with Crippen LogP contribution in [0.1, 0.15) is 34.2 Å². The van der Waals surface area contributed by atoms with E-state index < -0.39 is 0 Å². The van der Waals surface area contributed by atoms with Crippen LogP contribution in [0.3, 0.4) is 0 Å². The summed E-state index contributed by atoms with van der Waals surface area (Å²) >= 11 is 0. The zero-order chi connectivity index (χ0) is 18.7. The van der Waals surface area contributed by atoms with Crippen molar-refractivity contribution in [1.82, 2.24) is 4.90 Å². The minimum Gasteiger partial charge on any atom is -0.378 e. The van der Waals surface area contributed by atoms with Crippen LogP contribution < -0.4 is 5.43 Å². The summed E-state index contributed by atoms with van der Waals surface area (Å²) in [5.74, 6) is 0. The number of benzene rings is 2. The normalized spacial score (nSPS) is 13.7. The van der Waals surface area contributed by atoms with Gasteiger partial charge in [-0.1, -0.05) is 48.0 Å². The third-order valence-corrected chi connectivity index (χ3v) is 4.73. The molecule has 26 heavy (non-hydrogen) atoms. The lowest BCUT2D eigenvalue weighted by atomic mass is 10.00. The number of allylic oxidation sites excluding steroid dienone is 3. The van der Waals surface area contributed by atoms with Crippen LogP contribution in [0.15, 0.2) is 59.3 Å². The largest absolute Gasteiger partial charge is 0.378 e. The standard InChI is InChI=1S/C23H27N3/c1-16-12-17(2)23(18(3)13-16)25-24-15-20-8-6-7-9-22(20)19-10-11-21(14-19)26(4)5/h6-9,11-15,25H,10H2,1-5H3. The Balaban J connectivity index is 1.82. The predicted octanol–water partition coefficient (Wildman–Crippen LogP) is 5.29. The van der Waals surface area contributed by atoms with Gasteiger partial charge in [0.25, 0.3) is 0 Å². The van der Waals surface area contributed by atoms with Gasteiger partial charge in [0.2, 0.25) is 0 Å². The summed E-state index contributed by atoms with van der Waals surface area (Å²) in [5, 5.41) is 4.52. The molecule has 0 bridgehead atoms. The molecular formula is C23H27N3. The van der Waals surface area contributed by atoms with E-state index in [2.05, 4.69) is 98.8 Å². The van der Waals surface area contributed by atoms with E-state index in [-0.39, 0.29) is 0 Å². The maximum absolute atomic E-state index is 4.52. The van der Waals surface area contributed by atoms with Crippen LogP contribution in [0.5, 0.6) is 0 Å². The van der Waals surface area contributed by atoms with Crippen molar-refractivity contribution < 1.29 is 0 Å². The van der Waals surface area contributed by atoms with Crippen LogP contribution in [-0.4, -0.2) is 25.2 Å². The number of anilines is 1. The maximum atomic E-state index is 4.52. The third-order valence-electron chi connectivity index (χ3n) is 4.73. The quantitative estimate of drug-likeness (QED) is 0.589. The summed E-state index contributed by atoms with van der Waals surface area (Å²) in [4.78, 5) is 2.15. The zero-order valence-corrected chi connectivity index (χ0v) is 16.3. The number of likely N-dealkylation sites (N-methyl/N-ethyl adjacent to an activating group) is 1. The average molecular weight is 345 g/mol. The predicted molar refractivity (Wildman–Crippen MR) is 113 cm³/mol. The first-order valence-electron chi connectivity index (χ1n) is 9.00. The first-order chi connectivity index (χ1) is 12.5. The first-order valence-corrected chi connectivity index (χ1v) is 9.00. The van der Waals surface area contributed by atoms with Crippen molar-refractivity contribution in [1.29, 1.82) is 0 Å². The highest BCUT2D eigenvalue weighted by atomic mass is 15.3. The molecule has 1 N–H and O–H groups in total. The highest BCUT2D eigenvalue weighted by Gasteiger charge is 2.12. The molecule has 0 radical (unpaired) electrons. The van der Waals surface area contributed by atoms with Crippen LogP contribution >= 0.6 is 0 Å². The summed E-state index contributed by atoms with van der Waals surface area (Å²) in [7, 11) is 4.16. The Morgan fingerprint density at radius 3 is 2.38 bits per heavy atom. The van der Waals surface area contributed by atoms with Crippen molar-refractivity contribution in [3.63, 3.8) is 0 Å². The maximum Gasteiger partial charge on any atom is 0.0620 e. The lowest BCUT2D eigenvalue weighted by molar-refractivity contribution is 0.531. The molecule has 3 nitrogen and oxygen atoms in total. The smallest absolute Gasteiger partial charge is 0.0620 e. The van der Waals surface area contributed by atoms with Gasteiger partial charge in [-0.2, -0.15) is 5.10 Å². The molecule has 0 aliphatic heterocycles. The lowest BCUT2D eigenvalue weighted by Gasteiger charge is -2.11. The van der Waals surface area contributed by atoms with Gasteiger partial charge in [0.1, 0.15) is 0 Å². The van der Waals surface area contributed by atoms with Crippen LogP contribution in [-0.2, 0) is 0 Å². The molecule has 1 aliphatic rings. The van der Waals surface area contributed by atoms with E-state index in [1.165, 1.54) is 33.5 Å². The van der Waals surface area contributed by atoms with E-state index in [0.717, 1.165) is 17.7 Å². The van der Waals surface area contributed by atoms with Crippen LogP contribution in [0, 0.1) is 20.8 Å². The molecule has 134 valence electrons. The Kier molecular flexibility index (Phi) is 5.27. The van der Waals surface area contributed by atoms with Gasteiger partial charge >= 0.3 is 0 Å². The molecule has 3 rings (SSSR count). The summed E-state index contributed by atoms with van der Waals surface area (Å²) in [6, 6.07) is 12.8. The van der Waals surface area contributed by atoms with E-state index in [1.807, 2.05) is 6.21 Å². The molecule has 0 saturated carbocycles. The first kappa shape index (κ1) is 18.0. The average Bonchev–Trinajstić information content (AvgIpc) is 3.08.